The molecule has 142 valence electrons. The molecule has 0 aliphatic carbocycles. The summed E-state index contributed by atoms with van der Waals surface area (Å²) in [5.41, 5.74) is 2.31. The first kappa shape index (κ1) is 19.7. The third kappa shape index (κ3) is 5.49. The van der Waals surface area contributed by atoms with Gasteiger partial charge in [-0.3, -0.25) is 4.79 Å². The molecule has 0 aliphatic heterocycles. The van der Waals surface area contributed by atoms with E-state index in [2.05, 4.69) is 16.0 Å². The molecule has 0 fully saturated rings. The average molecular weight is 414 g/mol. The van der Waals surface area contributed by atoms with Gasteiger partial charge in [-0.2, -0.15) is 0 Å². The van der Waals surface area contributed by atoms with E-state index in [1.54, 1.807) is 42.5 Å². The second kappa shape index (κ2) is 9.26. The molecule has 0 aromatic heterocycles. The van der Waals surface area contributed by atoms with Gasteiger partial charge in [0.05, 0.1) is 10.7 Å². The Bertz CT molecular complexity index is 994. The third-order valence-electron chi connectivity index (χ3n) is 3.86. The van der Waals surface area contributed by atoms with Gasteiger partial charge in [0.15, 0.2) is 0 Å². The van der Waals surface area contributed by atoms with Crippen molar-refractivity contribution in [1.29, 1.82) is 0 Å². The fraction of sp³-hybridized carbons (Fsp3) is 0.0476. The monoisotopic (exact) mass is 413 g/mol. The molecule has 3 aromatic carbocycles. The van der Waals surface area contributed by atoms with Crippen molar-refractivity contribution in [2.75, 3.05) is 10.6 Å². The van der Waals surface area contributed by atoms with Crippen LogP contribution in [-0.4, -0.2) is 11.9 Å². The van der Waals surface area contributed by atoms with Crippen LogP contribution in [0.4, 0.5) is 16.2 Å². The molecule has 0 aliphatic rings. The van der Waals surface area contributed by atoms with E-state index in [-0.39, 0.29) is 5.91 Å². The maximum atomic E-state index is 12.4. The minimum absolute atomic E-state index is 0.231. The van der Waals surface area contributed by atoms with Gasteiger partial charge in [-0.15, -0.1) is 0 Å². The minimum Gasteiger partial charge on any atom is -0.348 e. The SMILES string of the molecule is O=C(Nc1cccc(C(=O)NCc2ccccc2)c1)Nc1cc(Cl)ccc1Cl. The molecule has 0 heterocycles. The van der Waals surface area contributed by atoms with Gasteiger partial charge in [-0.1, -0.05) is 59.6 Å². The van der Waals surface area contributed by atoms with E-state index in [1.807, 2.05) is 30.3 Å². The lowest BCUT2D eigenvalue weighted by molar-refractivity contribution is 0.0951. The Kier molecular flexibility index (Phi) is 6.53. The van der Waals surface area contributed by atoms with Gasteiger partial charge in [0.25, 0.3) is 5.91 Å². The highest BCUT2D eigenvalue weighted by atomic mass is 35.5. The third-order valence-corrected chi connectivity index (χ3v) is 4.42. The van der Waals surface area contributed by atoms with E-state index in [0.717, 1.165) is 5.56 Å². The van der Waals surface area contributed by atoms with E-state index < -0.39 is 6.03 Å². The van der Waals surface area contributed by atoms with Crippen LogP contribution in [0.5, 0.6) is 0 Å². The lowest BCUT2D eigenvalue weighted by Crippen LogP contribution is -2.23. The Morgan fingerprint density at radius 1 is 0.821 bits per heavy atom. The molecule has 0 saturated heterocycles. The number of benzene rings is 3. The Morgan fingerprint density at radius 3 is 2.39 bits per heavy atom. The molecule has 3 aromatic rings. The lowest BCUT2D eigenvalue weighted by Gasteiger charge is -2.11. The molecule has 5 nitrogen and oxygen atoms in total. The highest BCUT2D eigenvalue weighted by Crippen LogP contribution is 2.25. The molecule has 28 heavy (non-hydrogen) atoms. The van der Waals surface area contributed by atoms with Crippen LogP contribution in [0.15, 0.2) is 72.8 Å². The second-order valence-electron chi connectivity index (χ2n) is 5.95. The highest BCUT2D eigenvalue weighted by Gasteiger charge is 2.10. The van der Waals surface area contributed by atoms with Crippen LogP contribution < -0.4 is 16.0 Å². The molecular weight excluding hydrogens is 397 g/mol. The van der Waals surface area contributed by atoms with Gasteiger partial charge in [-0.05, 0) is 42.0 Å². The average Bonchev–Trinajstić information content (AvgIpc) is 2.70. The predicted molar refractivity (Wildman–Crippen MR) is 113 cm³/mol. The molecule has 3 amide bonds. The van der Waals surface area contributed by atoms with Crippen LogP contribution in [0, 0.1) is 0 Å². The van der Waals surface area contributed by atoms with Crippen molar-refractivity contribution in [3.8, 4) is 0 Å². The van der Waals surface area contributed by atoms with Crippen molar-refractivity contribution < 1.29 is 9.59 Å². The molecular formula is C21H17Cl2N3O2. The number of carbonyl (C=O) groups is 2. The van der Waals surface area contributed by atoms with Crippen molar-refractivity contribution in [2.45, 2.75) is 6.54 Å². The number of anilines is 2. The van der Waals surface area contributed by atoms with Crippen LogP contribution in [0.3, 0.4) is 0 Å². The van der Waals surface area contributed by atoms with E-state index in [0.29, 0.717) is 33.5 Å². The van der Waals surface area contributed by atoms with Crippen LogP contribution in [0.2, 0.25) is 10.0 Å². The molecule has 0 saturated carbocycles. The zero-order valence-electron chi connectivity index (χ0n) is 14.7. The Labute approximate surface area is 172 Å². The zero-order chi connectivity index (χ0) is 19.9. The van der Waals surface area contributed by atoms with Gasteiger partial charge in [0, 0.05) is 22.8 Å². The molecule has 0 bridgehead atoms. The minimum atomic E-state index is -0.494. The summed E-state index contributed by atoms with van der Waals surface area (Å²) in [4.78, 5) is 24.6. The van der Waals surface area contributed by atoms with Crippen molar-refractivity contribution in [1.82, 2.24) is 5.32 Å². The van der Waals surface area contributed by atoms with Gasteiger partial charge >= 0.3 is 6.03 Å². The summed E-state index contributed by atoms with van der Waals surface area (Å²) in [6, 6.07) is 20.6. The first-order valence-electron chi connectivity index (χ1n) is 8.46. The van der Waals surface area contributed by atoms with Crippen molar-refractivity contribution in [2.24, 2.45) is 0 Å². The molecule has 3 rings (SSSR count). The maximum absolute atomic E-state index is 12.4. The van der Waals surface area contributed by atoms with Crippen LogP contribution in [-0.2, 0) is 6.54 Å². The summed E-state index contributed by atoms with van der Waals surface area (Å²) >= 11 is 12.0. The molecule has 3 N–H and O–H groups in total. The van der Waals surface area contributed by atoms with Gasteiger partial charge in [0.1, 0.15) is 0 Å². The summed E-state index contributed by atoms with van der Waals surface area (Å²) in [7, 11) is 0. The molecule has 0 spiro atoms. The number of amides is 3. The topological polar surface area (TPSA) is 70.2 Å². The second-order valence-corrected chi connectivity index (χ2v) is 6.80. The summed E-state index contributed by atoms with van der Waals surface area (Å²) in [6.45, 7) is 0.422. The van der Waals surface area contributed by atoms with E-state index in [4.69, 9.17) is 23.2 Å². The molecule has 7 heteroatoms. The number of nitrogens with one attached hydrogen (secondary N) is 3. The number of halogens is 2. The number of carbonyl (C=O) groups excluding carboxylic acids is 2. The predicted octanol–water partition coefficient (Wildman–Crippen LogP) is 5.57. The van der Waals surface area contributed by atoms with Crippen LogP contribution in [0.1, 0.15) is 15.9 Å². The van der Waals surface area contributed by atoms with E-state index in [1.165, 1.54) is 0 Å². The molecule has 0 atom stereocenters. The van der Waals surface area contributed by atoms with Gasteiger partial charge < -0.3 is 16.0 Å². The highest BCUT2D eigenvalue weighted by molar-refractivity contribution is 6.35. The van der Waals surface area contributed by atoms with E-state index >= 15 is 0 Å². The Morgan fingerprint density at radius 2 is 1.61 bits per heavy atom. The van der Waals surface area contributed by atoms with E-state index in [9.17, 15) is 9.59 Å². The summed E-state index contributed by atoms with van der Waals surface area (Å²) in [5.74, 6) is -0.231. The normalized spacial score (nSPS) is 10.2. The van der Waals surface area contributed by atoms with Crippen molar-refractivity contribution in [3.05, 3.63) is 94.0 Å². The summed E-state index contributed by atoms with van der Waals surface area (Å²) in [5, 5.41) is 8.98. The first-order valence-corrected chi connectivity index (χ1v) is 9.22. The molecule has 0 radical (unpaired) electrons. The number of hydrogen-bond donors (Lipinski definition) is 3. The van der Waals surface area contributed by atoms with Gasteiger partial charge in [0.2, 0.25) is 0 Å². The number of hydrogen-bond acceptors (Lipinski definition) is 2. The first-order chi connectivity index (χ1) is 13.5. The largest absolute Gasteiger partial charge is 0.348 e. The fourth-order valence-corrected chi connectivity index (χ4v) is 2.83. The fourth-order valence-electron chi connectivity index (χ4n) is 2.50. The van der Waals surface area contributed by atoms with Crippen LogP contribution in [0.25, 0.3) is 0 Å². The number of rotatable bonds is 5. The standard InChI is InChI=1S/C21H17Cl2N3O2/c22-16-9-10-18(23)19(12-16)26-21(28)25-17-8-4-7-15(11-17)20(27)24-13-14-5-2-1-3-6-14/h1-12H,13H2,(H,24,27)(H2,25,26,28). The molecule has 0 unspecified atom stereocenters. The number of urea groups is 1. The summed E-state index contributed by atoms with van der Waals surface area (Å²) < 4.78 is 0. The Balaban J connectivity index is 1.61. The van der Waals surface area contributed by atoms with Crippen molar-refractivity contribution >= 4 is 46.5 Å². The smallest absolute Gasteiger partial charge is 0.323 e. The quantitative estimate of drug-likeness (QED) is 0.511. The summed E-state index contributed by atoms with van der Waals surface area (Å²) in [6.07, 6.45) is 0. The lowest BCUT2D eigenvalue weighted by atomic mass is 10.1. The van der Waals surface area contributed by atoms with Crippen molar-refractivity contribution in [3.63, 3.8) is 0 Å². The zero-order valence-corrected chi connectivity index (χ0v) is 16.2. The van der Waals surface area contributed by atoms with Crippen LogP contribution >= 0.6 is 23.2 Å². The Hall–Kier alpha value is -3.02. The van der Waals surface area contributed by atoms with Gasteiger partial charge in [-0.25, -0.2) is 4.79 Å². The maximum Gasteiger partial charge on any atom is 0.323 e.